The summed E-state index contributed by atoms with van der Waals surface area (Å²) < 4.78 is 34.5. The van der Waals surface area contributed by atoms with Crippen LogP contribution in [0.1, 0.15) is 24.5 Å². The summed E-state index contributed by atoms with van der Waals surface area (Å²) in [5.74, 6) is -1.77. The molecular weight excluding hydrogens is 328 g/mol. The van der Waals surface area contributed by atoms with Gasteiger partial charge in [0.15, 0.2) is 5.79 Å². The molecule has 2 aromatic rings. The molecule has 6 heteroatoms. The highest BCUT2D eigenvalue weighted by atomic mass is 32.2. The van der Waals surface area contributed by atoms with Gasteiger partial charge in [0.2, 0.25) is 0 Å². The van der Waals surface area contributed by atoms with E-state index in [-0.39, 0.29) is 18.8 Å². The van der Waals surface area contributed by atoms with Crippen LogP contribution in [0.5, 0.6) is 0 Å². The van der Waals surface area contributed by atoms with Crippen molar-refractivity contribution in [3.8, 4) is 0 Å². The Morgan fingerprint density at radius 2 is 1.58 bits per heavy atom. The number of ether oxygens (including phenoxy) is 1. The van der Waals surface area contributed by atoms with E-state index in [0.29, 0.717) is 17.7 Å². The SMILES string of the molecule is CCOC(O)(CCOS(=O)(=O)Cc1ccccc1)c1ccccc1. The topological polar surface area (TPSA) is 72.8 Å². The summed E-state index contributed by atoms with van der Waals surface area (Å²) >= 11 is 0. The van der Waals surface area contributed by atoms with Gasteiger partial charge in [-0.05, 0) is 12.5 Å². The lowest BCUT2D eigenvalue weighted by Crippen LogP contribution is -2.31. The van der Waals surface area contributed by atoms with Crippen molar-refractivity contribution in [2.24, 2.45) is 0 Å². The van der Waals surface area contributed by atoms with E-state index in [1.54, 1.807) is 55.5 Å². The standard InChI is InChI=1S/C18H22O5S/c1-2-22-18(19,17-11-7-4-8-12-17)13-14-23-24(20,21)15-16-9-5-3-6-10-16/h3-12,19H,2,13-15H2,1H3. The third kappa shape index (κ3) is 5.42. The Morgan fingerprint density at radius 3 is 2.17 bits per heavy atom. The minimum atomic E-state index is -3.72. The summed E-state index contributed by atoms with van der Waals surface area (Å²) in [7, 11) is -3.72. The van der Waals surface area contributed by atoms with E-state index in [4.69, 9.17) is 8.92 Å². The van der Waals surface area contributed by atoms with Crippen LogP contribution in [0.15, 0.2) is 60.7 Å². The van der Waals surface area contributed by atoms with Crippen LogP contribution in [-0.2, 0) is 30.6 Å². The summed E-state index contributed by atoms with van der Waals surface area (Å²) in [5.41, 5.74) is 1.22. The Balaban J connectivity index is 1.97. The number of hydrogen-bond acceptors (Lipinski definition) is 5. The summed E-state index contributed by atoms with van der Waals surface area (Å²) in [4.78, 5) is 0. The van der Waals surface area contributed by atoms with Gasteiger partial charge in [-0.15, -0.1) is 0 Å². The Kier molecular flexibility index (Phi) is 6.51. The fourth-order valence-electron chi connectivity index (χ4n) is 2.36. The van der Waals surface area contributed by atoms with Crippen LogP contribution in [0.3, 0.4) is 0 Å². The largest absolute Gasteiger partial charge is 0.362 e. The molecule has 0 radical (unpaired) electrons. The zero-order valence-electron chi connectivity index (χ0n) is 13.6. The normalized spacial score (nSPS) is 14.2. The Bertz CT molecular complexity index is 716. The molecule has 0 bridgehead atoms. The van der Waals surface area contributed by atoms with Gasteiger partial charge in [0.1, 0.15) is 5.75 Å². The van der Waals surface area contributed by atoms with E-state index < -0.39 is 15.9 Å². The second kappa shape index (κ2) is 8.39. The number of benzene rings is 2. The Morgan fingerprint density at radius 1 is 1.00 bits per heavy atom. The molecule has 1 atom stereocenters. The van der Waals surface area contributed by atoms with Crippen LogP contribution in [0.2, 0.25) is 0 Å². The molecule has 2 rings (SSSR count). The molecular formula is C18H22O5S. The van der Waals surface area contributed by atoms with E-state index in [1.807, 2.05) is 12.1 Å². The smallest absolute Gasteiger partial charge is 0.271 e. The number of aliphatic hydroxyl groups is 1. The average Bonchev–Trinajstić information content (AvgIpc) is 2.56. The van der Waals surface area contributed by atoms with E-state index in [2.05, 4.69) is 0 Å². The van der Waals surface area contributed by atoms with Crippen molar-refractivity contribution in [2.45, 2.75) is 24.9 Å². The molecule has 1 unspecified atom stereocenters. The number of hydrogen-bond donors (Lipinski definition) is 1. The van der Waals surface area contributed by atoms with Crippen molar-refractivity contribution < 1.29 is 22.4 Å². The fraction of sp³-hybridized carbons (Fsp3) is 0.333. The van der Waals surface area contributed by atoms with Crippen LogP contribution >= 0.6 is 0 Å². The molecule has 0 heterocycles. The van der Waals surface area contributed by atoms with E-state index >= 15 is 0 Å². The fourth-order valence-corrected chi connectivity index (χ4v) is 3.39. The first kappa shape index (κ1) is 18.6. The predicted octanol–water partition coefficient (Wildman–Crippen LogP) is 2.80. The molecule has 2 aromatic carbocycles. The maximum absolute atomic E-state index is 12.0. The molecule has 0 aliphatic rings. The highest BCUT2D eigenvalue weighted by molar-refractivity contribution is 7.85. The molecule has 0 saturated heterocycles. The van der Waals surface area contributed by atoms with Crippen LogP contribution < -0.4 is 0 Å². The van der Waals surface area contributed by atoms with Crippen molar-refractivity contribution in [1.29, 1.82) is 0 Å². The van der Waals surface area contributed by atoms with Crippen molar-refractivity contribution >= 4 is 10.1 Å². The summed E-state index contributed by atoms with van der Waals surface area (Å²) in [6, 6.07) is 17.7. The third-order valence-electron chi connectivity index (χ3n) is 3.50. The van der Waals surface area contributed by atoms with Gasteiger partial charge in [-0.1, -0.05) is 60.7 Å². The van der Waals surface area contributed by atoms with E-state index in [9.17, 15) is 13.5 Å². The molecule has 24 heavy (non-hydrogen) atoms. The van der Waals surface area contributed by atoms with Gasteiger partial charge in [-0.25, -0.2) is 0 Å². The molecule has 1 N–H and O–H groups in total. The molecule has 0 amide bonds. The molecule has 130 valence electrons. The van der Waals surface area contributed by atoms with Gasteiger partial charge >= 0.3 is 0 Å². The maximum Gasteiger partial charge on any atom is 0.271 e. The minimum Gasteiger partial charge on any atom is -0.362 e. The predicted molar refractivity (Wildman–Crippen MR) is 91.6 cm³/mol. The summed E-state index contributed by atoms with van der Waals surface area (Å²) in [5, 5.41) is 10.7. The van der Waals surface area contributed by atoms with Gasteiger partial charge in [0, 0.05) is 18.6 Å². The monoisotopic (exact) mass is 350 g/mol. The van der Waals surface area contributed by atoms with Crippen molar-refractivity contribution in [1.82, 2.24) is 0 Å². The Labute approximate surface area is 143 Å². The van der Waals surface area contributed by atoms with Crippen molar-refractivity contribution in [2.75, 3.05) is 13.2 Å². The summed E-state index contributed by atoms with van der Waals surface area (Å²) in [6.45, 7) is 1.89. The van der Waals surface area contributed by atoms with Gasteiger partial charge in [0.05, 0.1) is 6.61 Å². The lowest BCUT2D eigenvalue weighted by atomic mass is 10.0. The van der Waals surface area contributed by atoms with Crippen LogP contribution in [0, 0.1) is 0 Å². The van der Waals surface area contributed by atoms with E-state index in [1.165, 1.54) is 0 Å². The van der Waals surface area contributed by atoms with Gasteiger partial charge < -0.3 is 9.84 Å². The molecule has 0 saturated carbocycles. The van der Waals surface area contributed by atoms with Crippen LogP contribution in [-0.4, -0.2) is 26.7 Å². The maximum atomic E-state index is 12.0. The number of rotatable bonds is 9. The van der Waals surface area contributed by atoms with Gasteiger partial charge in [0.25, 0.3) is 10.1 Å². The first-order valence-electron chi connectivity index (χ1n) is 7.78. The first-order chi connectivity index (χ1) is 11.5. The van der Waals surface area contributed by atoms with Crippen molar-refractivity contribution in [3.05, 3.63) is 71.8 Å². The zero-order chi connectivity index (χ0) is 17.5. The second-order valence-electron chi connectivity index (χ2n) is 5.34. The molecule has 0 aliphatic carbocycles. The Hall–Kier alpha value is -1.73. The van der Waals surface area contributed by atoms with Gasteiger partial charge in [-0.2, -0.15) is 8.42 Å². The quantitative estimate of drug-likeness (QED) is 0.556. The van der Waals surface area contributed by atoms with Crippen LogP contribution in [0.25, 0.3) is 0 Å². The highest BCUT2D eigenvalue weighted by Gasteiger charge is 2.30. The van der Waals surface area contributed by atoms with Crippen molar-refractivity contribution in [3.63, 3.8) is 0 Å². The van der Waals surface area contributed by atoms with E-state index in [0.717, 1.165) is 0 Å². The molecule has 0 aromatic heterocycles. The summed E-state index contributed by atoms with van der Waals surface area (Å²) in [6.07, 6.45) is 0.0128. The van der Waals surface area contributed by atoms with Gasteiger partial charge in [-0.3, -0.25) is 4.18 Å². The van der Waals surface area contributed by atoms with Crippen LogP contribution in [0.4, 0.5) is 0 Å². The molecule has 0 aliphatic heterocycles. The molecule has 0 fully saturated rings. The third-order valence-corrected chi connectivity index (χ3v) is 4.71. The zero-order valence-corrected chi connectivity index (χ0v) is 14.4. The lowest BCUT2D eigenvalue weighted by molar-refractivity contribution is -0.217. The molecule has 5 nitrogen and oxygen atoms in total. The average molecular weight is 350 g/mol. The minimum absolute atomic E-state index is 0.0128. The molecule has 0 spiro atoms. The lowest BCUT2D eigenvalue weighted by Gasteiger charge is -2.28. The highest BCUT2D eigenvalue weighted by Crippen LogP contribution is 2.26. The first-order valence-corrected chi connectivity index (χ1v) is 9.36. The second-order valence-corrected chi connectivity index (χ2v) is 6.98.